The van der Waals surface area contributed by atoms with E-state index in [4.69, 9.17) is 9.47 Å². The molecule has 4 aromatic rings. The second-order valence-electron chi connectivity index (χ2n) is 10.6. The molecule has 0 unspecified atom stereocenters. The lowest BCUT2D eigenvalue weighted by Gasteiger charge is -2.23. The molecule has 4 rings (SSSR count). The smallest absolute Gasteiger partial charge is 0.407 e. The first-order valence-corrected chi connectivity index (χ1v) is 13.4. The molecule has 0 saturated carbocycles. The maximum Gasteiger partial charge on any atom is 0.407 e. The number of rotatable bonds is 9. The monoisotopic (exact) mass is 552 g/mol. The zero-order chi connectivity index (χ0) is 29.2. The van der Waals surface area contributed by atoms with E-state index in [1.165, 1.54) is 0 Å². The zero-order valence-corrected chi connectivity index (χ0v) is 23.9. The van der Waals surface area contributed by atoms with Crippen LogP contribution in [0.3, 0.4) is 0 Å². The first kappa shape index (κ1) is 29.1. The topological polar surface area (TPSA) is 92.8 Å². The molecule has 0 aliphatic carbocycles. The quantitative estimate of drug-likeness (QED) is 0.233. The number of benzene rings is 3. The second kappa shape index (κ2) is 13.5. The van der Waals surface area contributed by atoms with Gasteiger partial charge in [0.05, 0.1) is 7.11 Å². The fourth-order valence-corrected chi connectivity index (χ4v) is 4.16. The van der Waals surface area contributed by atoms with Crippen LogP contribution in [0.15, 0.2) is 97.3 Å². The number of urea groups is 1. The third kappa shape index (κ3) is 9.10. The molecule has 3 amide bonds. The van der Waals surface area contributed by atoms with Crippen LogP contribution in [-0.4, -0.2) is 34.7 Å². The Kier molecular flexibility index (Phi) is 9.58. The van der Waals surface area contributed by atoms with E-state index in [9.17, 15) is 9.59 Å². The van der Waals surface area contributed by atoms with Gasteiger partial charge < -0.3 is 25.0 Å². The summed E-state index contributed by atoms with van der Waals surface area (Å²) in [5, 5.41) is 5.78. The molecular formula is C33H36N4O4. The summed E-state index contributed by atoms with van der Waals surface area (Å²) in [6, 6.07) is 27.0. The summed E-state index contributed by atoms with van der Waals surface area (Å²) in [6.45, 7) is 6.70. The molecule has 0 fully saturated rings. The third-order valence-electron chi connectivity index (χ3n) is 6.15. The van der Waals surface area contributed by atoms with Crippen LogP contribution < -0.4 is 15.4 Å². The average Bonchev–Trinajstić information content (AvgIpc) is 2.96. The minimum atomic E-state index is -0.544. The first-order chi connectivity index (χ1) is 19.7. The Balaban J connectivity index is 1.44. The van der Waals surface area contributed by atoms with Gasteiger partial charge in [0.15, 0.2) is 0 Å². The van der Waals surface area contributed by atoms with Crippen LogP contribution in [-0.2, 0) is 24.4 Å². The fourth-order valence-electron chi connectivity index (χ4n) is 4.16. The van der Waals surface area contributed by atoms with Gasteiger partial charge in [-0.25, -0.2) is 9.59 Å². The number of methoxy groups -OCH3 is 1. The summed E-state index contributed by atoms with van der Waals surface area (Å²) in [6.07, 6.45) is 3.03. The molecule has 212 valence electrons. The lowest BCUT2D eigenvalue weighted by molar-refractivity contribution is 0.0523. The number of aromatic nitrogens is 1. The molecule has 3 aromatic carbocycles. The van der Waals surface area contributed by atoms with Crippen molar-refractivity contribution >= 4 is 17.8 Å². The first-order valence-electron chi connectivity index (χ1n) is 13.4. The predicted octanol–water partition coefficient (Wildman–Crippen LogP) is 7.02. The van der Waals surface area contributed by atoms with E-state index in [1.54, 1.807) is 24.4 Å². The van der Waals surface area contributed by atoms with Crippen LogP contribution in [0.4, 0.5) is 15.3 Å². The highest BCUT2D eigenvalue weighted by Gasteiger charge is 2.17. The minimum absolute atomic E-state index is 0.215. The van der Waals surface area contributed by atoms with Crippen molar-refractivity contribution in [3.63, 3.8) is 0 Å². The molecule has 1 heterocycles. The molecule has 8 heteroatoms. The van der Waals surface area contributed by atoms with Crippen LogP contribution in [0, 0.1) is 0 Å². The van der Waals surface area contributed by atoms with Crippen LogP contribution in [0.25, 0.3) is 11.1 Å². The molecule has 0 aliphatic heterocycles. The minimum Gasteiger partial charge on any atom is -0.497 e. The standard InChI is InChI=1S/C33H36N4O4/c1-33(2,3)41-32(39)35-21-25-7-5-9-28(19-25)27-12-10-24(11-13-27)22-37(23-26-8-6-18-34-20-26)31(38)36-29-14-16-30(40-4)17-15-29/h5-20H,21-23H2,1-4H3,(H,35,39)(H,36,38). The van der Waals surface area contributed by atoms with E-state index in [0.29, 0.717) is 25.3 Å². The zero-order valence-electron chi connectivity index (χ0n) is 23.9. The fraction of sp³-hybridized carbons (Fsp3) is 0.242. The van der Waals surface area contributed by atoms with Crippen molar-refractivity contribution in [1.29, 1.82) is 0 Å². The van der Waals surface area contributed by atoms with E-state index in [1.807, 2.05) is 106 Å². The number of alkyl carbamates (subject to hydrolysis) is 1. The number of amides is 3. The summed E-state index contributed by atoms with van der Waals surface area (Å²) < 4.78 is 10.5. The Morgan fingerprint density at radius 2 is 1.54 bits per heavy atom. The van der Waals surface area contributed by atoms with Gasteiger partial charge in [-0.1, -0.05) is 48.5 Å². The molecular weight excluding hydrogens is 516 g/mol. The molecule has 0 aliphatic rings. The van der Waals surface area contributed by atoms with Crippen molar-refractivity contribution in [2.75, 3.05) is 12.4 Å². The Morgan fingerprint density at radius 1 is 0.829 bits per heavy atom. The van der Waals surface area contributed by atoms with Crippen LogP contribution >= 0.6 is 0 Å². The lowest BCUT2D eigenvalue weighted by Crippen LogP contribution is -2.34. The van der Waals surface area contributed by atoms with Crippen molar-refractivity contribution in [2.45, 2.75) is 46.0 Å². The number of carbonyl (C=O) groups excluding carboxylic acids is 2. The summed E-state index contributed by atoms with van der Waals surface area (Å²) in [5.74, 6) is 0.722. The Bertz CT molecular complexity index is 1430. The highest BCUT2D eigenvalue weighted by atomic mass is 16.6. The number of nitrogens with one attached hydrogen (secondary N) is 2. The Hall–Kier alpha value is -4.85. The van der Waals surface area contributed by atoms with Gasteiger partial charge in [0.25, 0.3) is 0 Å². The van der Waals surface area contributed by atoms with Crippen LogP contribution in [0.2, 0.25) is 0 Å². The number of hydrogen-bond donors (Lipinski definition) is 2. The van der Waals surface area contributed by atoms with Gasteiger partial charge in [0, 0.05) is 37.7 Å². The normalized spacial score (nSPS) is 10.9. The molecule has 8 nitrogen and oxygen atoms in total. The highest BCUT2D eigenvalue weighted by molar-refractivity contribution is 5.89. The van der Waals surface area contributed by atoms with E-state index < -0.39 is 11.7 Å². The van der Waals surface area contributed by atoms with Crippen molar-refractivity contribution in [3.8, 4) is 16.9 Å². The van der Waals surface area contributed by atoms with E-state index in [0.717, 1.165) is 33.6 Å². The summed E-state index contributed by atoms with van der Waals surface area (Å²) >= 11 is 0. The highest BCUT2D eigenvalue weighted by Crippen LogP contribution is 2.23. The number of anilines is 1. The third-order valence-corrected chi connectivity index (χ3v) is 6.15. The van der Waals surface area contributed by atoms with Crippen molar-refractivity contribution in [1.82, 2.24) is 15.2 Å². The van der Waals surface area contributed by atoms with Gasteiger partial charge in [0.1, 0.15) is 11.4 Å². The van der Waals surface area contributed by atoms with Crippen molar-refractivity contribution in [3.05, 3.63) is 114 Å². The van der Waals surface area contributed by atoms with Gasteiger partial charge in [-0.15, -0.1) is 0 Å². The Labute approximate surface area is 241 Å². The largest absolute Gasteiger partial charge is 0.497 e. The molecule has 0 radical (unpaired) electrons. The number of carbonyl (C=O) groups is 2. The van der Waals surface area contributed by atoms with Crippen LogP contribution in [0.1, 0.15) is 37.5 Å². The van der Waals surface area contributed by atoms with Crippen LogP contribution in [0.5, 0.6) is 5.75 Å². The summed E-state index contributed by atoms with van der Waals surface area (Å²) in [7, 11) is 1.61. The van der Waals surface area contributed by atoms with Gasteiger partial charge in [-0.05, 0) is 85.0 Å². The number of ether oxygens (including phenoxy) is 2. The maximum absolute atomic E-state index is 13.3. The van der Waals surface area contributed by atoms with Gasteiger partial charge in [-0.2, -0.15) is 0 Å². The lowest BCUT2D eigenvalue weighted by atomic mass is 10.0. The molecule has 0 spiro atoms. The molecule has 0 atom stereocenters. The van der Waals surface area contributed by atoms with E-state index in [-0.39, 0.29) is 6.03 Å². The number of nitrogens with zero attached hydrogens (tertiary/aromatic N) is 2. The summed E-state index contributed by atoms with van der Waals surface area (Å²) in [4.78, 5) is 31.3. The number of pyridine rings is 1. The number of hydrogen-bond acceptors (Lipinski definition) is 5. The molecule has 41 heavy (non-hydrogen) atoms. The Morgan fingerprint density at radius 3 is 2.20 bits per heavy atom. The van der Waals surface area contributed by atoms with E-state index in [2.05, 4.69) is 15.6 Å². The second-order valence-corrected chi connectivity index (χ2v) is 10.6. The van der Waals surface area contributed by atoms with E-state index >= 15 is 0 Å². The van der Waals surface area contributed by atoms with Gasteiger partial charge in [-0.3, -0.25) is 4.98 Å². The predicted molar refractivity (Wildman–Crippen MR) is 160 cm³/mol. The average molecular weight is 553 g/mol. The SMILES string of the molecule is COc1ccc(NC(=O)N(Cc2ccc(-c3cccc(CNC(=O)OC(C)(C)C)c3)cc2)Cc2cccnc2)cc1. The molecule has 2 N–H and O–H groups in total. The molecule has 0 saturated heterocycles. The van der Waals surface area contributed by atoms with Gasteiger partial charge >= 0.3 is 12.1 Å². The summed E-state index contributed by atoms with van der Waals surface area (Å²) in [5.41, 5.74) is 5.10. The maximum atomic E-state index is 13.3. The molecule has 1 aromatic heterocycles. The van der Waals surface area contributed by atoms with Crippen molar-refractivity contribution < 1.29 is 19.1 Å². The molecule has 0 bridgehead atoms. The van der Waals surface area contributed by atoms with Gasteiger partial charge in [0.2, 0.25) is 0 Å². The van der Waals surface area contributed by atoms with Crippen molar-refractivity contribution in [2.24, 2.45) is 0 Å².